The summed E-state index contributed by atoms with van der Waals surface area (Å²) in [6, 6.07) is 12.4. The van der Waals surface area contributed by atoms with E-state index >= 15 is 0 Å². The fraction of sp³-hybridized carbons (Fsp3) is 0.222. The molecule has 0 atom stereocenters. The normalized spacial score (nSPS) is 10.3. The van der Waals surface area contributed by atoms with Crippen LogP contribution in [0.4, 0.5) is 15.8 Å². The molecular weight excluding hydrogens is 313 g/mol. The van der Waals surface area contributed by atoms with Crippen LogP contribution in [0.3, 0.4) is 0 Å². The molecule has 0 heterocycles. The number of nitrogens with one attached hydrogen (secondary N) is 1. The Balaban J connectivity index is 2.06. The minimum atomic E-state index is -0.652. The highest BCUT2D eigenvalue weighted by Crippen LogP contribution is 2.21. The molecule has 2 aromatic rings. The van der Waals surface area contributed by atoms with Crippen molar-refractivity contribution in [3.63, 3.8) is 0 Å². The zero-order valence-corrected chi connectivity index (χ0v) is 13.4. The van der Waals surface area contributed by atoms with Gasteiger partial charge in [-0.2, -0.15) is 0 Å². The Labute approximate surface area is 139 Å². The molecule has 0 aromatic heterocycles. The zero-order chi connectivity index (χ0) is 17.5. The molecule has 0 fully saturated rings. The van der Waals surface area contributed by atoms with Crippen LogP contribution in [0.15, 0.2) is 48.5 Å². The Kier molecular flexibility index (Phi) is 5.89. The molecular formula is C18H18FNO4. The molecule has 126 valence electrons. The summed E-state index contributed by atoms with van der Waals surface area (Å²) in [5.74, 6) is -1.61. The van der Waals surface area contributed by atoms with E-state index in [0.717, 1.165) is 0 Å². The second-order valence-corrected chi connectivity index (χ2v) is 5.29. The number of para-hydroxylation sites is 1. The summed E-state index contributed by atoms with van der Waals surface area (Å²) in [6.45, 7) is 2.96. The lowest BCUT2D eigenvalue weighted by Crippen LogP contribution is -2.20. The summed E-state index contributed by atoms with van der Waals surface area (Å²) in [5.41, 5.74) is 1.38. The highest BCUT2D eigenvalue weighted by atomic mass is 19.1. The number of carbonyl (C=O) groups excluding carboxylic acids is 2. The van der Waals surface area contributed by atoms with Gasteiger partial charge in [0.2, 0.25) is 0 Å². The maximum absolute atomic E-state index is 13.0. The van der Waals surface area contributed by atoms with Crippen LogP contribution in [0.5, 0.6) is 0 Å². The van der Waals surface area contributed by atoms with Gasteiger partial charge in [-0.25, -0.2) is 14.0 Å². The predicted molar refractivity (Wildman–Crippen MR) is 87.6 cm³/mol. The summed E-state index contributed by atoms with van der Waals surface area (Å²) < 4.78 is 22.8. The molecule has 0 saturated carbocycles. The van der Waals surface area contributed by atoms with E-state index in [1.807, 2.05) is 0 Å². The minimum Gasteiger partial charge on any atom is -0.460 e. The number of anilines is 2. The first-order valence-electron chi connectivity index (χ1n) is 7.44. The number of benzene rings is 2. The van der Waals surface area contributed by atoms with Crippen LogP contribution >= 0.6 is 0 Å². The SMILES string of the molecule is CC(C)OC(=O)COC(=O)c1ccccc1Nc1ccc(F)cc1. The molecule has 0 amide bonds. The van der Waals surface area contributed by atoms with Gasteiger partial charge in [-0.15, -0.1) is 0 Å². The monoisotopic (exact) mass is 331 g/mol. The van der Waals surface area contributed by atoms with Crippen LogP contribution in [0, 0.1) is 5.82 Å². The molecule has 0 aliphatic heterocycles. The average molecular weight is 331 g/mol. The van der Waals surface area contributed by atoms with E-state index in [1.165, 1.54) is 12.1 Å². The molecule has 0 aliphatic carbocycles. The third-order valence-corrected chi connectivity index (χ3v) is 2.96. The Hall–Kier alpha value is -2.89. The zero-order valence-electron chi connectivity index (χ0n) is 13.4. The van der Waals surface area contributed by atoms with E-state index in [2.05, 4.69) is 5.32 Å². The molecule has 24 heavy (non-hydrogen) atoms. The van der Waals surface area contributed by atoms with Gasteiger partial charge in [0.1, 0.15) is 5.82 Å². The minimum absolute atomic E-state index is 0.263. The molecule has 1 N–H and O–H groups in total. The van der Waals surface area contributed by atoms with E-state index in [9.17, 15) is 14.0 Å². The van der Waals surface area contributed by atoms with Gasteiger partial charge in [-0.05, 0) is 50.2 Å². The van der Waals surface area contributed by atoms with Crippen molar-refractivity contribution in [1.82, 2.24) is 0 Å². The number of hydrogen-bond acceptors (Lipinski definition) is 5. The fourth-order valence-corrected chi connectivity index (χ4v) is 1.96. The molecule has 0 saturated heterocycles. The van der Waals surface area contributed by atoms with Crippen molar-refractivity contribution >= 4 is 23.3 Å². The maximum Gasteiger partial charge on any atom is 0.344 e. The molecule has 5 nitrogen and oxygen atoms in total. The van der Waals surface area contributed by atoms with Gasteiger partial charge in [-0.1, -0.05) is 12.1 Å². The third-order valence-electron chi connectivity index (χ3n) is 2.96. The largest absolute Gasteiger partial charge is 0.460 e. The highest BCUT2D eigenvalue weighted by molar-refractivity contribution is 5.97. The fourth-order valence-electron chi connectivity index (χ4n) is 1.96. The summed E-state index contributed by atoms with van der Waals surface area (Å²) in [5, 5.41) is 3.02. The van der Waals surface area contributed by atoms with Gasteiger partial charge < -0.3 is 14.8 Å². The Bertz CT molecular complexity index is 713. The average Bonchev–Trinajstić information content (AvgIpc) is 2.54. The van der Waals surface area contributed by atoms with Crippen molar-refractivity contribution in [3.8, 4) is 0 Å². The molecule has 0 bridgehead atoms. The standard InChI is InChI=1S/C18H18FNO4/c1-12(2)24-17(21)11-23-18(22)15-5-3-4-6-16(15)20-14-9-7-13(19)8-10-14/h3-10,12,20H,11H2,1-2H3. The number of esters is 2. The molecule has 0 radical (unpaired) electrons. The van der Waals surface area contributed by atoms with Crippen molar-refractivity contribution in [2.24, 2.45) is 0 Å². The summed E-state index contributed by atoms with van der Waals surface area (Å²) in [6.07, 6.45) is -0.274. The molecule has 2 aromatic carbocycles. The van der Waals surface area contributed by atoms with Crippen LogP contribution in [0.2, 0.25) is 0 Å². The summed E-state index contributed by atoms with van der Waals surface area (Å²) in [4.78, 5) is 23.6. The van der Waals surface area contributed by atoms with Gasteiger partial charge >= 0.3 is 11.9 Å². The van der Waals surface area contributed by atoms with E-state index in [1.54, 1.807) is 50.2 Å². The number of ether oxygens (including phenoxy) is 2. The number of rotatable bonds is 6. The second-order valence-electron chi connectivity index (χ2n) is 5.29. The first-order chi connectivity index (χ1) is 11.5. The van der Waals surface area contributed by atoms with Crippen molar-refractivity contribution < 1.29 is 23.5 Å². The Morgan fingerprint density at radius 3 is 2.42 bits per heavy atom. The number of halogens is 1. The molecule has 2 rings (SSSR count). The van der Waals surface area contributed by atoms with Gasteiger partial charge in [0.15, 0.2) is 6.61 Å². The van der Waals surface area contributed by atoms with Crippen molar-refractivity contribution in [2.45, 2.75) is 20.0 Å². The quantitative estimate of drug-likeness (QED) is 0.818. The highest BCUT2D eigenvalue weighted by Gasteiger charge is 2.15. The first-order valence-corrected chi connectivity index (χ1v) is 7.44. The third kappa shape index (κ3) is 5.08. The van der Waals surface area contributed by atoms with E-state index in [0.29, 0.717) is 11.4 Å². The predicted octanol–water partition coefficient (Wildman–Crippen LogP) is 3.68. The van der Waals surface area contributed by atoms with Crippen LogP contribution in [0.25, 0.3) is 0 Å². The second kappa shape index (κ2) is 8.10. The number of hydrogen-bond donors (Lipinski definition) is 1. The van der Waals surface area contributed by atoms with Gasteiger partial charge in [0.25, 0.3) is 0 Å². The lowest BCUT2D eigenvalue weighted by Gasteiger charge is -2.12. The van der Waals surface area contributed by atoms with E-state index in [-0.39, 0.29) is 17.5 Å². The first kappa shape index (κ1) is 17.5. The number of carbonyl (C=O) groups is 2. The van der Waals surface area contributed by atoms with Crippen molar-refractivity contribution in [3.05, 3.63) is 59.9 Å². The van der Waals surface area contributed by atoms with Crippen LogP contribution in [-0.4, -0.2) is 24.6 Å². The van der Waals surface area contributed by atoms with Gasteiger partial charge in [0, 0.05) is 5.69 Å². The lowest BCUT2D eigenvalue weighted by atomic mass is 10.1. The molecule has 0 spiro atoms. The Morgan fingerprint density at radius 2 is 1.75 bits per heavy atom. The molecule has 6 heteroatoms. The van der Waals surface area contributed by atoms with Gasteiger partial charge in [-0.3, -0.25) is 0 Å². The summed E-state index contributed by atoms with van der Waals surface area (Å²) >= 11 is 0. The van der Waals surface area contributed by atoms with E-state index < -0.39 is 18.5 Å². The topological polar surface area (TPSA) is 64.6 Å². The van der Waals surface area contributed by atoms with Crippen LogP contribution in [0.1, 0.15) is 24.2 Å². The van der Waals surface area contributed by atoms with Crippen LogP contribution in [-0.2, 0) is 14.3 Å². The van der Waals surface area contributed by atoms with Gasteiger partial charge in [0.05, 0.1) is 17.4 Å². The van der Waals surface area contributed by atoms with Crippen LogP contribution < -0.4 is 5.32 Å². The van der Waals surface area contributed by atoms with Crippen molar-refractivity contribution in [1.29, 1.82) is 0 Å². The van der Waals surface area contributed by atoms with E-state index in [4.69, 9.17) is 9.47 Å². The molecule has 0 unspecified atom stereocenters. The lowest BCUT2D eigenvalue weighted by molar-refractivity contribution is -0.150. The smallest absolute Gasteiger partial charge is 0.344 e. The molecule has 0 aliphatic rings. The van der Waals surface area contributed by atoms with Crippen molar-refractivity contribution in [2.75, 3.05) is 11.9 Å². The summed E-state index contributed by atoms with van der Waals surface area (Å²) in [7, 11) is 0. The Morgan fingerprint density at radius 1 is 1.08 bits per heavy atom. The maximum atomic E-state index is 13.0.